The highest BCUT2D eigenvalue weighted by Crippen LogP contribution is 2.31. The van der Waals surface area contributed by atoms with E-state index in [1.165, 1.54) is 12.1 Å². The zero-order valence-corrected chi connectivity index (χ0v) is 9.96. The monoisotopic (exact) mass is 271 g/mol. The summed E-state index contributed by atoms with van der Waals surface area (Å²) in [5, 5.41) is 2.41. The van der Waals surface area contributed by atoms with Gasteiger partial charge in [0.1, 0.15) is 5.78 Å². The average molecular weight is 271 g/mol. The molecule has 0 unspecified atom stereocenters. The molecule has 1 N–H and O–H groups in total. The number of alkyl halides is 3. The summed E-state index contributed by atoms with van der Waals surface area (Å²) >= 11 is 0. The first-order valence-corrected chi connectivity index (χ1v) is 5.86. The van der Waals surface area contributed by atoms with Crippen LogP contribution in [0.25, 0.3) is 0 Å². The van der Waals surface area contributed by atoms with E-state index < -0.39 is 17.6 Å². The van der Waals surface area contributed by atoms with Gasteiger partial charge >= 0.3 is 6.18 Å². The Bertz CT molecular complexity index is 490. The molecule has 0 aliphatic heterocycles. The second-order valence-electron chi connectivity index (χ2n) is 4.54. The molecule has 2 rings (SSSR count). The van der Waals surface area contributed by atoms with E-state index in [9.17, 15) is 22.8 Å². The zero-order valence-electron chi connectivity index (χ0n) is 9.96. The Kier molecular flexibility index (Phi) is 3.59. The fourth-order valence-electron chi connectivity index (χ4n) is 1.66. The van der Waals surface area contributed by atoms with Crippen LogP contribution in [0.1, 0.15) is 24.8 Å². The maximum atomic E-state index is 12.3. The molecule has 0 heterocycles. The van der Waals surface area contributed by atoms with Gasteiger partial charge in [-0.15, -0.1) is 0 Å². The van der Waals surface area contributed by atoms with E-state index in [4.69, 9.17) is 0 Å². The highest BCUT2D eigenvalue weighted by Gasteiger charge is 2.31. The topological polar surface area (TPSA) is 46.2 Å². The lowest BCUT2D eigenvalue weighted by molar-refractivity contribution is -0.137. The molecule has 102 valence electrons. The van der Waals surface area contributed by atoms with Gasteiger partial charge in [0, 0.05) is 11.6 Å². The fraction of sp³-hybridized carbons (Fsp3) is 0.385. The molecule has 1 amide bonds. The molecule has 1 saturated carbocycles. The minimum Gasteiger partial charge on any atom is -0.326 e. The van der Waals surface area contributed by atoms with Crippen molar-refractivity contribution in [1.29, 1.82) is 0 Å². The summed E-state index contributed by atoms with van der Waals surface area (Å²) in [5.41, 5.74) is -0.527. The maximum absolute atomic E-state index is 12.3. The normalized spacial score (nSPS) is 15.1. The first-order valence-electron chi connectivity index (χ1n) is 5.86. The third-order valence-electron chi connectivity index (χ3n) is 2.86. The molecule has 1 aliphatic carbocycles. The Morgan fingerprint density at radius 3 is 2.21 bits per heavy atom. The summed E-state index contributed by atoms with van der Waals surface area (Å²) in [4.78, 5) is 22.9. The SMILES string of the molecule is O=C(CC(=O)C1CC1)Nc1ccc(C(F)(F)F)cc1. The van der Waals surface area contributed by atoms with E-state index in [0.29, 0.717) is 0 Å². The van der Waals surface area contributed by atoms with Crippen molar-refractivity contribution in [2.24, 2.45) is 5.92 Å². The highest BCUT2D eigenvalue weighted by atomic mass is 19.4. The summed E-state index contributed by atoms with van der Waals surface area (Å²) < 4.78 is 37.0. The summed E-state index contributed by atoms with van der Waals surface area (Å²) in [5.74, 6) is -0.598. The van der Waals surface area contributed by atoms with Gasteiger partial charge in [-0.2, -0.15) is 13.2 Å². The molecule has 1 aromatic rings. The summed E-state index contributed by atoms with van der Waals surface area (Å²) in [7, 11) is 0. The Hall–Kier alpha value is -1.85. The van der Waals surface area contributed by atoms with Crippen molar-refractivity contribution in [2.75, 3.05) is 5.32 Å². The lowest BCUT2D eigenvalue weighted by Gasteiger charge is -2.08. The number of benzene rings is 1. The van der Waals surface area contributed by atoms with Gasteiger partial charge in [-0.05, 0) is 37.1 Å². The Morgan fingerprint density at radius 2 is 1.74 bits per heavy atom. The lowest BCUT2D eigenvalue weighted by Crippen LogP contribution is -2.17. The van der Waals surface area contributed by atoms with Crippen molar-refractivity contribution in [1.82, 2.24) is 0 Å². The Balaban J connectivity index is 1.91. The Labute approximate surface area is 107 Å². The van der Waals surface area contributed by atoms with Gasteiger partial charge in [0.05, 0.1) is 12.0 Å². The number of carbonyl (C=O) groups excluding carboxylic acids is 2. The van der Waals surface area contributed by atoms with Gasteiger partial charge in [0.15, 0.2) is 0 Å². The van der Waals surface area contributed by atoms with Crippen LogP contribution in [0.4, 0.5) is 18.9 Å². The number of carbonyl (C=O) groups is 2. The van der Waals surface area contributed by atoms with Gasteiger partial charge in [0.2, 0.25) is 5.91 Å². The van der Waals surface area contributed by atoms with Gasteiger partial charge in [-0.3, -0.25) is 9.59 Å². The van der Waals surface area contributed by atoms with E-state index in [2.05, 4.69) is 5.32 Å². The van der Waals surface area contributed by atoms with Crippen molar-refractivity contribution >= 4 is 17.4 Å². The maximum Gasteiger partial charge on any atom is 0.416 e. The highest BCUT2D eigenvalue weighted by molar-refractivity contribution is 6.05. The number of halogens is 3. The van der Waals surface area contributed by atoms with Gasteiger partial charge in [-0.25, -0.2) is 0 Å². The third-order valence-corrected chi connectivity index (χ3v) is 2.86. The van der Waals surface area contributed by atoms with Gasteiger partial charge in [0.25, 0.3) is 0 Å². The minimum atomic E-state index is -4.40. The predicted octanol–water partition coefficient (Wildman–Crippen LogP) is 3.01. The molecular weight excluding hydrogens is 259 g/mol. The van der Waals surface area contributed by atoms with Crippen molar-refractivity contribution in [3.05, 3.63) is 29.8 Å². The molecule has 0 aromatic heterocycles. The summed E-state index contributed by atoms with van der Waals surface area (Å²) in [6.45, 7) is 0. The number of rotatable bonds is 4. The first-order chi connectivity index (χ1) is 8.86. The van der Waals surface area contributed by atoms with Crippen molar-refractivity contribution in [3.63, 3.8) is 0 Å². The first kappa shape index (κ1) is 13.6. The number of Topliss-reactive ketones (excluding diaryl/α,β-unsaturated/α-hetero) is 1. The fourth-order valence-corrected chi connectivity index (χ4v) is 1.66. The molecule has 0 saturated heterocycles. The van der Waals surface area contributed by atoms with Crippen molar-refractivity contribution in [2.45, 2.75) is 25.4 Å². The summed E-state index contributed by atoms with van der Waals surface area (Å²) in [6.07, 6.45) is -2.96. The third kappa shape index (κ3) is 3.81. The molecule has 1 fully saturated rings. The van der Waals surface area contributed by atoms with Crippen LogP contribution in [0, 0.1) is 5.92 Å². The largest absolute Gasteiger partial charge is 0.416 e. The van der Waals surface area contributed by atoms with E-state index in [0.717, 1.165) is 25.0 Å². The van der Waals surface area contributed by atoms with Crippen molar-refractivity contribution in [3.8, 4) is 0 Å². The number of ketones is 1. The van der Waals surface area contributed by atoms with E-state index in [1.54, 1.807) is 0 Å². The predicted molar refractivity (Wildman–Crippen MR) is 62.4 cm³/mol. The van der Waals surface area contributed by atoms with E-state index >= 15 is 0 Å². The van der Waals surface area contributed by atoms with Crippen LogP contribution in [-0.4, -0.2) is 11.7 Å². The molecule has 19 heavy (non-hydrogen) atoms. The van der Waals surface area contributed by atoms with Crippen molar-refractivity contribution < 1.29 is 22.8 Å². The molecule has 1 aromatic carbocycles. The van der Waals surface area contributed by atoms with Crippen LogP contribution >= 0.6 is 0 Å². The van der Waals surface area contributed by atoms with Gasteiger partial charge < -0.3 is 5.32 Å². The molecule has 0 radical (unpaired) electrons. The standard InChI is InChI=1S/C13H12F3NO2/c14-13(15,16)9-3-5-10(6-4-9)17-12(19)7-11(18)8-1-2-8/h3-6,8H,1-2,7H2,(H,17,19). The molecular formula is C13H12F3NO2. The zero-order chi connectivity index (χ0) is 14.0. The van der Waals surface area contributed by atoms with Crippen LogP contribution in [0.2, 0.25) is 0 Å². The van der Waals surface area contributed by atoms with Crippen LogP contribution < -0.4 is 5.32 Å². The minimum absolute atomic E-state index is 0.00152. The average Bonchev–Trinajstić information content (AvgIpc) is 3.11. The number of anilines is 1. The lowest BCUT2D eigenvalue weighted by atomic mass is 10.1. The Morgan fingerprint density at radius 1 is 1.16 bits per heavy atom. The molecule has 1 aliphatic rings. The summed E-state index contributed by atoms with van der Waals surface area (Å²) in [6, 6.07) is 4.11. The second kappa shape index (κ2) is 5.03. The number of nitrogens with one attached hydrogen (secondary N) is 1. The van der Waals surface area contributed by atoms with Gasteiger partial charge in [-0.1, -0.05) is 0 Å². The molecule has 3 nitrogen and oxygen atoms in total. The molecule has 0 bridgehead atoms. The number of amides is 1. The molecule has 0 atom stereocenters. The van der Waals surface area contributed by atoms with Crippen LogP contribution in [0.15, 0.2) is 24.3 Å². The van der Waals surface area contributed by atoms with Crippen LogP contribution in [-0.2, 0) is 15.8 Å². The second-order valence-corrected chi connectivity index (χ2v) is 4.54. The molecule has 6 heteroatoms. The van der Waals surface area contributed by atoms with E-state index in [1.807, 2.05) is 0 Å². The van der Waals surface area contributed by atoms with E-state index in [-0.39, 0.29) is 23.8 Å². The quantitative estimate of drug-likeness (QED) is 0.856. The molecule has 0 spiro atoms. The van der Waals surface area contributed by atoms with Crippen LogP contribution in [0.5, 0.6) is 0 Å². The number of hydrogen-bond acceptors (Lipinski definition) is 2. The van der Waals surface area contributed by atoms with Crippen LogP contribution in [0.3, 0.4) is 0 Å². The smallest absolute Gasteiger partial charge is 0.326 e. The number of hydrogen-bond donors (Lipinski definition) is 1.